The van der Waals surface area contributed by atoms with E-state index in [-0.39, 0.29) is 30.0 Å². The quantitative estimate of drug-likeness (QED) is 0.602. The third-order valence-electron chi connectivity index (χ3n) is 4.06. The van der Waals surface area contributed by atoms with E-state index >= 15 is 0 Å². The van der Waals surface area contributed by atoms with Crippen LogP contribution in [-0.2, 0) is 16.7 Å². The lowest BCUT2D eigenvalue weighted by Gasteiger charge is -2.26. The van der Waals surface area contributed by atoms with Gasteiger partial charge >= 0.3 is 16.1 Å². The molecule has 0 aliphatic carbocycles. The number of urea groups is 1. The first-order chi connectivity index (χ1) is 14.1. The molecule has 0 aromatic heterocycles. The predicted molar refractivity (Wildman–Crippen MR) is 116 cm³/mol. The molecule has 0 aliphatic rings. The van der Waals surface area contributed by atoms with Crippen LogP contribution < -0.4 is 19.0 Å². The zero-order valence-electron chi connectivity index (χ0n) is 17.8. The standard InChI is InChI=1S/C21H28N2O6S/c1-15(2)13-23(21(24)22-17-8-6-7-9-18(17)27-3)14-16-10-11-19(28-4)20(12-16)29-30(5,25)26/h6-12,15H,13-14H2,1-5H3,(H,22,24). The van der Waals surface area contributed by atoms with E-state index in [2.05, 4.69) is 5.32 Å². The number of rotatable bonds is 9. The van der Waals surface area contributed by atoms with E-state index in [0.29, 0.717) is 23.5 Å². The van der Waals surface area contributed by atoms with E-state index < -0.39 is 10.1 Å². The lowest BCUT2D eigenvalue weighted by Crippen LogP contribution is -2.37. The van der Waals surface area contributed by atoms with E-state index in [1.807, 2.05) is 26.0 Å². The van der Waals surface area contributed by atoms with Crippen molar-refractivity contribution in [3.05, 3.63) is 48.0 Å². The van der Waals surface area contributed by atoms with Gasteiger partial charge in [-0.05, 0) is 35.7 Å². The summed E-state index contributed by atoms with van der Waals surface area (Å²) in [4.78, 5) is 14.6. The molecular formula is C21H28N2O6S. The van der Waals surface area contributed by atoms with Gasteiger partial charge in [-0.15, -0.1) is 0 Å². The van der Waals surface area contributed by atoms with Crippen LogP contribution in [0.4, 0.5) is 10.5 Å². The number of para-hydroxylation sites is 2. The fourth-order valence-electron chi connectivity index (χ4n) is 2.87. The molecule has 0 unspecified atom stereocenters. The van der Waals surface area contributed by atoms with E-state index in [0.717, 1.165) is 6.26 Å². The van der Waals surface area contributed by atoms with Crippen molar-refractivity contribution >= 4 is 21.8 Å². The Morgan fingerprint density at radius 1 is 1.03 bits per heavy atom. The summed E-state index contributed by atoms with van der Waals surface area (Å²) in [5, 5.41) is 2.87. The summed E-state index contributed by atoms with van der Waals surface area (Å²) in [5.41, 5.74) is 1.26. The van der Waals surface area contributed by atoms with E-state index in [4.69, 9.17) is 13.7 Å². The highest BCUT2D eigenvalue weighted by molar-refractivity contribution is 7.86. The minimum atomic E-state index is -3.73. The molecule has 0 bridgehead atoms. The number of hydrogen-bond acceptors (Lipinski definition) is 6. The van der Waals surface area contributed by atoms with Gasteiger partial charge in [0, 0.05) is 13.1 Å². The Kier molecular flexibility index (Phi) is 7.93. The van der Waals surface area contributed by atoms with Crippen LogP contribution in [0.3, 0.4) is 0 Å². The minimum Gasteiger partial charge on any atom is -0.495 e. The number of carbonyl (C=O) groups is 1. The van der Waals surface area contributed by atoms with Crippen LogP contribution in [0.1, 0.15) is 19.4 Å². The normalized spacial score (nSPS) is 11.1. The number of amides is 2. The van der Waals surface area contributed by atoms with Crippen molar-refractivity contribution in [2.45, 2.75) is 20.4 Å². The van der Waals surface area contributed by atoms with Crippen molar-refractivity contribution in [3.63, 3.8) is 0 Å². The average molecular weight is 437 g/mol. The summed E-state index contributed by atoms with van der Waals surface area (Å²) in [7, 11) is -0.760. The van der Waals surface area contributed by atoms with Gasteiger partial charge in [0.05, 0.1) is 26.2 Å². The van der Waals surface area contributed by atoms with Crippen LogP contribution in [0.15, 0.2) is 42.5 Å². The number of anilines is 1. The predicted octanol–water partition coefficient (Wildman–Crippen LogP) is 3.73. The number of carbonyl (C=O) groups excluding carboxylic acids is 1. The largest absolute Gasteiger partial charge is 0.495 e. The summed E-state index contributed by atoms with van der Waals surface area (Å²) in [5.74, 6) is 1.15. The molecule has 0 atom stereocenters. The fraction of sp³-hybridized carbons (Fsp3) is 0.381. The molecule has 0 spiro atoms. The molecule has 1 N–H and O–H groups in total. The molecule has 8 nitrogen and oxygen atoms in total. The van der Waals surface area contributed by atoms with E-state index in [9.17, 15) is 13.2 Å². The zero-order chi connectivity index (χ0) is 22.3. The lowest BCUT2D eigenvalue weighted by molar-refractivity contribution is 0.201. The molecule has 0 aliphatic heterocycles. The molecule has 2 aromatic carbocycles. The zero-order valence-corrected chi connectivity index (χ0v) is 18.7. The van der Waals surface area contributed by atoms with Crippen molar-refractivity contribution in [3.8, 4) is 17.2 Å². The van der Waals surface area contributed by atoms with Gasteiger partial charge in [-0.1, -0.05) is 32.0 Å². The molecule has 0 saturated carbocycles. The van der Waals surface area contributed by atoms with Crippen LogP contribution in [0.5, 0.6) is 17.2 Å². The number of nitrogens with zero attached hydrogens (tertiary/aromatic N) is 1. The number of methoxy groups -OCH3 is 2. The van der Waals surface area contributed by atoms with Gasteiger partial charge in [-0.3, -0.25) is 0 Å². The van der Waals surface area contributed by atoms with E-state index in [1.165, 1.54) is 14.2 Å². The van der Waals surface area contributed by atoms with Crippen molar-refractivity contribution in [1.82, 2.24) is 4.90 Å². The molecule has 164 valence electrons. The Balaban J connectivity index is 2.27. The summed E-state index contributed by atoms with van der Waals surface area (Å²) in [6, 6.07) is 11.8. The van der Waals surface area contributed by atoms with Gasteiger partial charge in [0.1, 0.15) is 5.75 Å². The smallest absolute Gasteiger partial charge is 0.322 e. The van der Waals surface area contributed by atoms with Crippen LogP contribution in [0, 0.1) is 5.92 Å². The molecule has 0 radical (unpaired) electrons. The Morgan fingerprint density at radius 3 is 2.30 bits per heavy atom. The molecule has 9 heteroatoms. The highest BCUT2D eigenvalue weighted by atomic mass is 32.2. The maximum atomic E-state index is 13.0. The number of ether oxygens (including phenoxy) is 2. The monoisotopic (exact) mass is 436 g/mol. The van der Waals surface area contributed by atoms with Gasteiger partial charge in [0.25, 0.3) is 0 Å². The van der Waals surface area contributed by atoms with Crippen molar-refractivity contribution in [2.75, 3.05) is 32.3 Å². The van der Waals surface area contributed by atoms with Crippen molar-refractivity contribution < 1.29 is 26.9 Å². The molecule has 0 heterocycles. The number of benzene rings is 2. The van der Waals surface area contributed by atoms with Crippen LogP contribution in [0.2, 0.25) is 0 Å². The van der Waals surface area contributed by atoms with Crippen molar-refractivity contribution in [2.24, 2.45) is 5.92 Å². The molecule has 2 rings (SSSR count). The highest BCUT2D eigenvalue weighted by Crippen LogP contribution is 2.30. The second kappa shape index (κ2) is 10.2. The summed E-state index contributed by atoms with van der Waals surface area (Å²) in [6.45, 7) is 4.77. The summed E-state index contributed by atoms with van der Waals surface area (Å²) < 4.78 is 38.6. The third-order valence-corrected chi connectivity index (χ3v) is 4.55. The van der Waals surface area contributed by atoms with Crippen LogP contribution in [-0.4, -0.2) is 46.4 Å². The highest BCUT2D eigenvalue weighted by Gasteiger charge is 2.19. The van der Waals surface area contributed by atoms with Crippen LogP contribution >= 0.6 is 0 Å². The minimum absolute atomic E-state index is 0.0760. The van der Waals surface area contributed by atoms with Gasteiger partial charge < -0.3 is 23.9 Å². The van der Waals surface area contributed by atoms with Gasteiger partial charge in [0.2, 0.25) is 0 Å². The molecule has 2 amide bonds. The van der Waals surface area contributed by atoms with Gasteiger partial charge in [-0.2, -0.15) is 8.42 Å². The van der Waals surface area contributed by atoms with Crippen molar-refractivity contribution in [1.29, 1.82) is 0 Å². The third kappa shape index (κ3) is 6.84. The first-order valence-electron chi connectivity index (χ1n) is 9.38. The van der Waals surface area contributed by atoms with Crippen LogP contribution in [0.25, 0.3) is 0 Å². The molecule has 30 heavy (non-hydrogen) atoms. The van der Waals surface area contributed by atoms with Gasteiger partial charge in [-0.25, -0.2) is 4.79 Å². The summed E-state index contributed by atoms with van der Waals surface area (Å²) >= 11 is 0. The summed E-state index contributed by atoms with van der Waals surface area (Å²) in [6.07, 6.45) is 0.963. The topological polar surface area (TPSA) is 94.2 Å². The second-order valence-electron chi connectivity index (χ2n) is 7.18. The average Bonchev–Trinajstić information content (AvgIpc) is 2.66. The molecule has 2 aromatic rings. The lowest BCUT2D eigenvalue weighted by atomic mass is 10.1. The number of hydrogen-bond donors (Lipinski definition) is 1. The first-order valence-corrected chi connectivity index (χ1v) is 11.2. The second-order valence-corrected chi connectivity index (χ2v) is 8.75. The van der Waals surface area contributed by atoms with Gasteiger partial charge in [0.15, 0.2) is 11.5 Å². The SMILES string of the molecule is COc1ccccc1NC(=O)N(Cc1ccc(OC)c(OS(C)(=O)=O)c1)CC(C)C. The van der Waals surface area contributed by atoms with E-state index in [1.54, 1.807) is 35.2 Å². The Morgan fingerprint density at radius 2 is 1.70 bits per heavy atom. The Hall–Kier alpha value is -2.94. The maximum absolute atomic E-state index is 13.0. The molecular weight excluding hydrogens is 408 g/mol. The Bertz CT molecular complexity index is 975. The maximum Gasteiger partial charge on any atom is 0.322 e. The first kappa shape index (κ1) is 23.3. The fourth-order valence-corrected chi connectivity index (χ4v) is 3.33. The molecule has 0 fully saturated rings. The Labute approximate surface area is 177 Å². The molecule has 0 saturated heterocycles. The number of nitrogens with one attached hydrogen (secondary N) is 1.